The number of ether oxygens (including phenoxy) is 1. The van der Waals surface area contributed by atoms with Gasteiger partial charge in [-0.2, -0.15) is 0 Å². The minimum atomic E-state index is -1.06. The van der Waals surface area contributed by atoms with Gasteiger partial charge in [0.25, 0.3) is 0 Å². The Morgan fingerprint density at radius 3 is 2.37 bits per heavy atom. The van der Waals surface area contributed by atoms with E-state index in [2.05, 4.69) is 0 Å². The molecule has 3 N–H and O–H groups in total. The zero-order valence-corrected chi connectivity index (χ0v) is 17.3. The number of halogens is 4. The molecular formula is C20H19Cl4NO2. The van der Waals surface area contributed by atoms with Crippen molar-refractivity contribution in [1.82, 2.24) is 0 Å². The topological polar surface area (TPSA) is 55.5 Å². The number of nitrogens with two attached hydrogens (primary N) is 1. The minimum Gasteiger partial charge on any atom is -0.375 e. The number of aliphatic hydroxyl groups excluding tert-OH is 1. The van der Waals surface area contributed by atoms with Gasteiger partial charge in [0.15, 0.2) is 0 Å². The second-order valence-corrected chi connectivity index (χ2v) is 8.24. The maximum absolute atomic E-state index is 9.54. The SMILES string of the molecule is NC(O)C1=CCC(OC(C2=CCC(Cl)C=C2Cl)c2ccc(Cl)cc2)C(Cl)=C1. The molecule has 144 valence electrons. The highest BCUT2D eigenvalue weighted by atomic mass is 35.5. The van der Waals surface area contributed by atoms with Gasteiger partial charge in [-0.15, -0.1) is 11.6 Å². The van der Waals surface area contributed by atoms with E-state index < -0.39 is 12.3 Å². The summed E-state index contributed by atoms with van der Waals surface area (Å²) in [6.07, 6.45) is 6.55. The summed E-state index contributed by atoms with van der Waals surface area (Å²) < 4.78 is 6.36. The van der Waals surface area contributed by atoms with Crippen LogP contribution >= 0.6 is 46.4 Å². The number of rotatable bonds is 5. The Bertz CT molecular complexity index is 812. The molecule has 1 aromatic carbocycles. The van der Waals surface area contributed by atoms with Crippen molar-refractivity contribution in [2.24, 2.45) is 5.73 Å². The van der Waals surface area contributed by atoms with Crippen LogP contribution in [0.15, 0.2) is 69.8 Å². The zero-order valence-electron chi connectivity index (χ0n) is 14.3. The van der Waals surface area contributed by atoms with Crippen molar-refractivity contribution in [2.75, 3.05) is 0 Å². The molecule has 0 spiro atoms. The van der Waals surface area contributed by atoms with Gasteiger partial charge < -0.3 is 15.6 Å². The minimum absolute atomic E-state index is 0.137. The predicted octanol–water partition coefficient (Wildman–Crippen LogP) is 5.56. The predicted molar refractivity (Wildman–Crippen MR) is 112 cm³/mol. The molecule has 0 radical (unpaired) electrons. The third-order valence-electron chi connectivity index (χ3n) is 4.44. The molecule has 1 aromatic rings. The fourth-order valence-electron chi connectivity index (χ4n) is 3.02. The number of aliphatic hydroxyl groups is 1. The van der Waals surface area contributed by atoms with Gasteiger partial charge in [0, 0.05) is 15.1 Å². The van der Waals surface area contributed by atoms with E-state index in [1.807, 2.05) is 30.4 Å². The lowest BCUT2D eigenvalue weighted by atomic mass is 9.95. The summed E-state index contributed by atoms with van der Waals surface area (Å²) in [6, 6.07) is 7.41. The van der Waals surface area contributed by atoms with E-state index in [1.54, 1.807) is 18.2 Å². The third-order valence-corrected chi connectivity index (χ3v) is 5.70. The van der Waals surface area contributed by atoms with Gasteiger partial charge in [-0.3, -0.25) is 0 Å². The summed E-state index contributed by atoms with van der Waals surface area (Å²) in [5.41, 5.74) is 7.83. The number of hydrogen-bond donors (Lipinski definition) is 2. The summed E-state index contributed by atoms with van der Waals surface area (Å²) >= 11 is 25.1. The van der Waals surface area contributed by atoms with Gasteiger partial charge in [0.05, 0.1) is 11.5 Å². The van der Waals surface area contributed by atoms with Crippen LogP contribution in [0.3, 0.4) is 0 Å². The van der Waals surface area contributed by atoms with Crippen LogP contribution in [0.4, 0.5) is 0 Å². The molecule has 0 bridgehead atoms. The Labute approximate surface area is 178 Å². The molecule has 4 unspecified atom stereocenters. The zero-order chi connectivity index (χ0) is 19.6. The number of allylic oxidation sites excluding steroid dienone is 2. The molecule has 7 heteroatoms. The summed E-state index contributed by atoms with van der Waals surface area (Å²) in [7, 11) is 0. The van der Waals surface area contributed by atoms with Crippen LogP contribution < -0.4 is 5.73 Å². The Morgan fingerprint density at radius 2 is 1.78 bits per heavy atom. The normalized spacial score (nSPS) is 25.1. The molecule has 2 aliphatic rings. The Morgan fingerprint density at radius 1 is 1.07 bits per heavy atom. The lowest BCUT2D eigenvalue weighted by Gasteiger charge is -2.30. The number of hydrogen-bond acceptors (Lipinski definition) is 3. The molecule has 0 heterocycles. The highest BCUT2D eigenvalue weighted by Crippen LogP contribution is 2.40. The van der Waals surface area contributed by atoms with E-state index in [4.69, 9.17) is 56.9 Å². The first-order valence-electron chi connectivity index (χ1n) is 8.48. The molecule has 27 heavy (non-hydrogen) atoms. The summed E-state index contributed by atoms with van der Waals surface area (Å²) in [4.78, 5) is 0. The Balaban J connectivity index is 1.89. The number of alkyl halides is 1. The summed E-state index contributed by atoms with van der Waals surface area (Å²) in [5.74, 6) is 0. The Hall–Kier alpha value is -0.780. The van der Waals surface area contributed by atoms with Crippen LogP contribution in [0.2, 0.25) is 5.02 Å². The first kappa shape index (κ1) is 20.9. The van der Waals surface area contributed by atoms with Crippen LogP contribution in [0, 0.1) is 0 Å². The van der Waals surface area contributed by atoms with E-state index >= 15 is 0 Å². The van der Waals surface area contributed by atoms with E-state index in [0.29, 0.717) is 33.5 Å². The standard InChI is InChI=1S/C20H19Cl4NO2/c21-13-4-1-11(2-5-13)19(15-7-6-14(22)10-16(15)23)27-18-8-3-12(20(25)26)9-17(18)24/h1-5,7,9-10,14,18-20,26H,6,8,25H2. The average Bonchev–Trinajstić information content (AvgIpc) is 2.62. The molecule has 0 aliphatic heterocycles. The van der Waals surface area contributed by atoms with E-state index in [-0.39, 0.29) is 11.5 Å². The fourth-order valence-corrected chi connectivity index (χ4v) is 4.02. The van der Waals surface area contributed by atoms with Gasteiger partial charge in [-0.05, 0) is 53.8 Å². The molecule has 2 aliphatic carbocycles. The monoisotopic (exact) mass is 445 g/mol. The molecule has 0 saturated carbocycles. The van der Waals surface area contributed by atoms with Gasteiger partial charge in [0.1, 0.15) is 12.3 Å². The van der Waals surface area contributed by atoms with Crippen LogP contribution in [-0.2, 0) is 4.74 Å². The first-order valence-corrected chi connectivity index (χ1v) is 10.1. The quantitative estimate of drug-likeness (QED) is 0.460. The fraction of sp³-hybridized carbons (Fsp3) is 0.300. The van der Waals surface area contributed by atoms with E-state index in [1.165, 1.54) is 0 Å². The van der Waals surface area contributed by atoms with Gasteiger partial charge in [-0.1, -0.05) is 59.1 Å². The van der Waals surface area contributed by atoms with Gasteiger partial charge in [-0.25, -0.2) is 0 Å². The van der Waals surface area contributed by atoms with Crippen molar-refractivity contribution in [2.45, 2.75) is 36.7 Å². The van der Waals surface area contributed by atoms with Crippen molar-refractivity contribution in [3.63, 3.8) is 0 Å². The smallest absolute Gasteiger partial charge is 0.128 e. The summed E-state index contributed by atoms with van der Waals surface area (Å²) in [6.45, 7) is 0. The summed E-state index contributed by atoms with van der Waals surface area (Å²) in [5, 5.41) is 11.1. The number of benzene rings is 1. The second-order valence-electron chi connectivity index (χ2n) is 6.40. The maximum atomic E-state index is 9.54. The average molecular weight is 447 g/mol. The Kier molecular flexibility index (Phi) is 7.09. The van der Waals surface area contributed by atoms with Crippen molar-refractivity contribution in [3.8, 4) is 0 Å². The van der Waals surface area contributed by atoms with Crippen molar-refractivity contribution >= 4 is 46.4 Å². The molecule has 4 atom stereocenters. The molecular weight excluding hydrogens is 428 g/mol. The highest BCUT2D eigenvalue weighted by Gasteiger charge is 2.28. The van der Waals surface area contributed by atoms with E-state index in [9.17, 15) is 5.11 Å². The van der Waals surface area contributed by atoms with Gasteiger partial charge >= 0.3 is 0 Å². The largest absolute Gasteiger partial charge is 0.375 e. The molecule has 0 fully saturated rings. The van der Waals surface area contributed by atoms with Crippen LogP contribution in [0.25, 0.3) is 0 Å². The molecule has 0 amide bonds. The van der Waals surface area contributed by atoms with Crippen molar-refractivity contribution < 1.29 is 9.84 Å². The lowest BCUT2D eigenvalue weighted by Crippen LogP contribution is -2.26. The van der Waals surface area contributed by atoms with Gasteiger partial charge in [0.2, 0.25) is 0 Å². The van der Waals surface area contributed by atoms with Crippen LogP contribution in [-0.4, -0.2) is 22.8 Å². The third kappa shape index (κ3) is 5.18. The molecule has 3 rings (SSSR count). The lowest BCUT2D eigenvalue weighted by molar-refractivity contribution is 0.0331. The van der Waals surface area contributed by atoms with Crippen LogP contribution in [0.1, 0.15) is 24.5 Å². The molecule has 0 saturated heterocycles. The van der Waals surface area contributed by atoms with E-state index in [0.717, 1.165) is 11.1 Å². The highest BCUT2D eigenvalue weighted by molar-refractivity contribution is 6.33. The van der Waals surface area contributed by atoms with Crippen molar-refractivity contribution in [1.29, 1.82) is 0 Å². The first-order chi connectivity index (χ1) is 12.8. The maximum Gasteiger partial charge on any atom is 0.128 e. The molecule has 0 aromatic heterocycles. The van der Waals surface area contributed by atoms with Crippen molar-refractivity contribution in [3.05, 3.63) is 80.4 Å². The molecule has 3 nitrogen and oxygen atoms in total. The van der Waals surface area contributed by atoms with Crippen LogP contribution in [0.5, 0.6) is 0 Å². The second kappa shape index (κ2) is 9.15.